The van der Waals surface area contributed by atoms with E-state index in [2.05, 4.69) is 4.98 Å². The van der Waals surface area contributed by atoms with Crippen molar-refractivity contribution in [1.82, 2.24) is 4.98 Å². The SMILES string of the molecule is NC(=O)CC=Cc1ccc(N)c(Cl)n1. The number of amides is 1. The number of primary amides is 1. The van der Waals surface area contributed by atoms with Crippen LogP contribution in [-0.4, -0.2) is 10.9 Å². The number of halogens is 1. The number of nitrogen functional groups attached to an aromatic ring is 1. The van der Waals surface area contributed by atoms with Crippen molar-refractivity contribution >= 4 is 29.3 Å². The first-order valence-electron chi connectivity index (χ1n) is 3.96. The Labute approximate surface area is 86.6 Å². The van der Waals surface area contributed by atoms with Crippen LogP contribution in [-0.2, 0) is 4.79 Å². The van der Waals surface area contributed by atoms with E-state index in [1.165, 1.54) is 0 Å². The van der Waals surface area contributed by atoms with Crippen molar-refractivity contribution in [3.05, 3.63) is 29.1 Å². The lowest BCUT2D eigenvalue weighted by Crippen LogP contribution is -2.07. The molecule has 0 saturated heterocycles. The summed E-state index contributed by atoms with van der Waals surface area (Å²) in [6.07, 6.45) is 3.47. The van der Waals surface area contributed by atoms with E-state index in [4.69, 9.17) is 23.1 Å². The highest BCUT2D eigenvalue weighted by Gasteiger charge is 1.97. The Kier molecular flexibility index (Phi) is 3.48. The average Bonchev–Trinajstić information content (AvgIpc) is 2.10. The number of hydrogen-bond donors (Lipinski definition) is 2. The summed E-state index contributed by atoms with van der Waals surface area (Å²) in [5.74, 6) is -0.386. The molecule has 1 heterocycles. The molecule has 0 bridgehead atoms. The van der Waals surface area contributed by atoms with Crippen molar-refractivity contribution in [1.29, 1.82) is 0 Å². The van der Waals surface area contributed by atoms with Crippen LogP contribution in [0.5, 0.6) is 0 Å². The first-order valence-corrected chi connectivity index (χ1v) is 4.34. The Hall–Kier alpha value is -1.55. The normalized spacial score (nSPS) is 10.6. The number of nitrogens with two attached hydrogens (primary N) is 2. The fraction of sp³-hybridized carbons (Fsp3) is 0.111. The van der Waals surface area contributed by atoms with Crippen molar-refractivity contribution in [2.45, 2.75) is 6.42 Å². The molecule has 1 aromatic heterocycles. The summed E-state index contributed by atoms with van der Waals surface area (Å²) < 4.78 is 0. The van der Waals surface area contributed by atoms with E-state index in [1.54, 1.807) is 24.3 Å². The maximum absolute atomic E-state index is 10.4. The van der Waals surface area contributed by atoms with Crippen molar-refractivity contribution in [2.24, 2.45) is 5.73 Å². The Morgan fingerprint density at radius 2 is 2.29 bits per heavy atom. The van der Waals surface area contributed by atoms with Crippen LogP contribution in [0.4, 0.5) is 5.69 Å². The highest BCUT2D eigenvalue weighted by Crippen LogP contribution is 2.15. The van der Waals surface area contributed by atoms with Gasteiger partial charge in [-0.3, -0.25) is 4.79 Å². The third-order valence-electron chi connectivity index (χ3n) is 1.51. The Morgan fingerprint density at radius 1 is 1.57 bits per heavy atom. The van der Waals surface area contributed by atoms with Gasteiger partial charge < -0.3 is 11.5 Å². The highest BCUT2D eigenvalue weighted by molar-refractivity contribution is 6.31. The molecule has 0 saturated carbocycles. The first kappa shape index (κ1) is 10.5. The molecule has 4 nitrogen and oxygen atoms in total. The minimum atomic E-state index is -0.386. The zero-order valence-corrected chi connectivity index (χ0v) is 8.16. The monoisotopic (exact) mass is 211 g/mol. The molecule has 0 unspecified atom stereocenters. The van der Waals surface area contributed by atoms with E-state index in [1.807, 2.05) is 0 Å². The zero-order valence-electron chi connectivity index (χ0n) is 7.40. The Bertz CT molecular complexity index is 376. The van der Waals surface area contributed by atoms with Crippen molar-refractivity contribution in [3.63, 3.8) is 0 Å². The van der Waals surface area contributed by atoms with E-state index in [9.17, 15) is 4.79 Å². The van der Waals surface area contributed by atoms with E-state index < -0.39 is 0 Å². The maximum atomic E-state index is 10.4. The second kappa shape index (κ2) is 4.62. The van der Waals surface area contributed by atoms with Gasteiger partial charge in [-0.05, 0) is 18.2 Å². The number of anilines is 1. The van der Waals surface area contributed by atoms with E-state index in [0.29, 0.717) is 11.4 Å². The standard InChI is InChI=1S/C9H10ClN3O/c10-9-7(11)5-4-6(13-9)2-1-3-8(12)14/h1-2,4-5H,3,11H2,(H2,12,14). The summed E-state index contributed by atoms with van der Waals surface area (Å²) >= 11 is 5.69. The summed E-state index contributed by atoms with van der Waals surface area (Å²) in [6, 6.07) is 3.36. The van der Waals surface area contributed by atoms with Gasteiger partial charge in [-0.1, -0.05) is 17.7 Å². The molecule has 4 N–H and O–H groups in total. The second-order valence-corrected chi connectivity index (χ2v) is 3.05. The van der Waals surface area contributed by atoms with Gasteiger partial charge in [-0.2, -0.15) is 0 Å². The molecule has 1 amide bonds. The van der Waals surface area contributed by atoms with Crippen LogP contribution < -0.4 is 11.5 Å². The highest BCUT2D eigenvalue weighted by atomic mass is 35.5. The lowest BCUT2D eigenvalue weighted by atomic mass is 10.3. The van der Waals surface area contributed by atoms with E-state index in [-0.39, 0.29) is 17.5 Å². The molecule has 5 heteroatoms. The number of carbonyl (C=O) groups excluding carboxylic acids is 1. The van der Waals surface area contributed by atoms with Crippen molar-refractivity contribution < 1.29 is 4.79 Å². The van der Waals surface area contributed by atoms with Gasteiger partial charge in [0.1, 0.15) is 0 Å². The maximum Gasteiger partial charge on any atom is 0.221 e. The minimum Gasteiger partial charge on any atom is -0.396 e. The number of rotatable bonds is 3. The largest absolute Gasteiger partial charge is 0.396 e. The van der Waals surface area contributed by atoms with E-state index in [0.717, 1.165) is 0 Å². The molecule has 0 fully saturated rings. The number of pyridine rings is 1. The predicted octanol–water partition coefficient (Wildman–Crippen LogP) is 1.21. The smallest absolute Gasteiger partial charge is 0.221 e. The predicted molar refractivity (Wildman–Crippen MR) is 56.5 cm³/mol. The molecule has 0 aromatic carbocycles. The number of carbonyl (C=O) groups is 1. The van der Waals surface area contributed by atoms with Crippen LogP contribution in [0.25, 0.3) is 6.08 Å². The van der Waals surface area contributed by atoms with Crippen molar-refractivity contribution in [2.75, 3.05) is 5.73 Å². The summed E-state index contributed by atoms with van der Waals surface area (Å²) in [5, 5.41) is 0.256. The van der Waals surface area contributed by atoms with Crippen LogP contribution in [0, 0.1) is 0 Å². The van der Waals surface area contributed by atoms with Gasteiger partial charge in [0.15, 0.2) is 5.15 Å². The lowest BCUT2D eigenvalue weighted by molar-refractivity contribution is -0.117. The fourth-order valence-corrected chi connectivity index (χ4v) is 1.01. The van der Waals surface area contributed by atoms with Gasteiger partial charge in [0, 0.05) is 6.42 Å². The molecule has 0 radical (unpaired) electrons. The third-order valence-corrected chi connectivity index (χ3v) is 1.81. The van der Waals surface area contributed by atoms with Gasteiger partial charge in [-0.15, -0.1) is 0 Å². The quantitative estimate of drug-likeness (QED) is 0.738. The topological polar surface area (TPSA) is 82.0 Å². The first-order chi connectivity index (χ1) is 6.59. The minimum absolute atomic E-state index is 0.184. The summed E-state index contributed by atoms with van der Waals surface area (Å²) in [7, 11) is 0. The van der Waals surface area contributed by atoms with E-state index >= 15 is 0 Å². The zero-order chi connectivity index (χ0) is 10.6. The molecule has 1 aromatic rings. The van der Waals surface area contributed by atoms with Crippen LogP contribution in [0.2, 0.25) is 5.15 Å². The summed E-state index contributed by atoms with van der Waals surface area (Å²) in [6.45, 7) is 0. The Balaban J connectivity index is 2.73. The Morgan fingerprint density at radius 3 is 2.86 bits per heavy atom. The fourth-order valence-electron chi connectivity index (χ4n) is 0.848. The number of nitrogens with zero attached hydrogens (tertiary/aromatic N) is 1. The molecule has 0 spiro atoms. The molecule has 14 heavy (non-hydrogen) atoms. The van der Waals surface area contributed by atoms with Crippen molar-refractivity contribution in [3.8, 4) is 0 Å². The van der Waals surface area contributed by atoms with Crippen LogP contribution in [0.1, 0.15) is 12.1 Å². The second-order valence-electron chi connectivity index (χ2n) is 2.69. The summed E-state index contributed by atoms with van der Waals surface area (Å²) in [4.78, 5) is 14.4. The number of aromatic nitrogens is 1. The van der Waals surface area contributed by atoms with Crippen LogP contribution in [0.3, 0.4) is 0 Å². The van der Waals surface area contributed by atoms with Gasteiger partial charge in [-0.25, -0.2) is 4.98 Å². The molecular weight excluding hydrogens is 202 g/mol. The molecule has 0 atom stereocenters. The number of hydrogen-bond acceptors (Lipinski definition) is 3. The molecule has 74 valence electrons. The molecule has 0 aliphatic rings. The van der Waals surface area contributed by atoms with Gasteiger partial charge in [0.2, 0.25) is 5.91 Å². The van der Waals surface area contributed by atoms with Crippen LogP contribution >= 0.6 is 11.6 Å². The molecule has 1 rings (SSSR count). The van der Waals surface area contributed by atoms with Gasteiger partial charge in [0.25, 0.3) is 0 Å². The third kappa shape index (κ3) is 3.06. The van der Waals surface area contributed by atoms with Crippen LogP contribution in [0.15, 0.2) is 18.2 Å². The average molecular weight is 212 g/mol. The molecule has 0 aliphatic heterocycles. The lowest BCUT2D eigenvalue weighted by Gasteiger charge is -1.97. The van der Waals surface area contributed by atoms with Gasteiger partial charge >= 0.3 is 0 Å². The summed E-state index contributed by atoms with van der Waals surface area (Å²) in [5.41, 5.74) is 11.5. The van der Waals surface area contributed by atoms with Gasteiger partial charge in [0.05, 0.1) is 11.4 Å². The molecule has 0 aliphatic carbocycles. The molecular formula is C9H10ClN3O.